The Balaban J connectivity index is 2.77. The first kappa shape index (κ1) is 17.3. The van der Waals surface area contributed by atoms with Crippen LogP contribution in [0.3, 0.4) is 0 Å². The van der Waals surface area contributed by atoms with Crippen LogP contribution < -0.4 is 10.5 Å². The van der Waals surface area contributed by atoms with Crippen LogP contribution in [0.25, 0.3) is 0 Å². The molecule has 0 aliphatic heterocycles. The third-order valence-corrected chi connectivity index (χ3v) is 3.37. The quantitative estimate of drug-likeness (QED) is 0.572. The molecule has 0 aliphatic carbocycles. The lowest BCUT2D eigenvalue weighted by Crippen LogP contribution is -2.41. The van der Waals surface area contributed by atoms with Gasteiger partial charge in [-0.15, -0.1) is 0 Å². The van der Waals surface area contributed by atoms with E-state index in [1.165, 1.54) is 0 Å². The Hall–Kier alpha value is -0.760. The van der Waals surface area contributed by atoms with Gasteiger partial charge >= 0.3 is 6.09 Å². The normalized spacial score (nSPS) is 13.9. The SMILES string of the molecule is CC(C)C[C@@](C)(COc1ccc(I)nc1Cl)OC(N)=O. The van der Waals surface area contributed by atoms with Crippen molar-refractivity contribution in [1.29, 1.82) is 0 Å². The molecule has 1 rings (SSSR count). The van der Waals surface area contributed by atoms with E-state index in [0.717, 1.165) is 3.70 Å². The van der Waals surface area contributed by atoms with Gasteiger partial charge in [0.05, 0.1) is 0 Å². The van der Waals surface area contributed by atoms with Gasteiger partial charge in [0.2, 0.25) is 0 Å². The molecule has 112 valence electrons. The maximum Gasteiger partial charge on any atom is 0.405 e. The number of rotatable bonds is 6. The number of aromatic nitrogens is 1. The maximum absolute atomic E-state index is 11.0. The molecule has 7 heteroatoms. The van der Waals surface area contributed by atoms with E-state index >= 15 is 0 Å². The average Bonchev–Trinajstić information content (AvgIpc) is 2.25. The number of halogens is 2. The molecule has 1 atom stereocenters. The minimum atomic E-state index is -0.816. The highest BCUT2D eigenvalue weighted by Gasteiger charge is 2.30. The fourth-order valence-corrected chi connectivity index (χ4v) is 2.75. The van der Waals surface area contributed by atoms with Crippen LogP contribution in [0.15, 0.2) is 12.1 Å². The van der Waals surface area contributed by atoms with Gasteiger partial charge in [0.15, 0.2) is 10.9 Å². The largest absolute Gasteiger partial charge is 0.486 e. The highest BCUT2D eigenvalue weighted by Crippen LogP contribution is 2.27. The summed E-state index contributed by atoms with van der Waals surface area (Å²) in [6.45, 7) is 6.01. The van der Waals surface area contributed by atoms with Crippen LogP contribution in [0.2, 0.25) is 5.15 Å². The standard InChI is InChI=1S/C13H18ClIN2O3/c1-8(2)6-13(3,20-12(16)18)7-19-9-4-5-10(15)17-11(9)14/h4-5,8H,6-7H2,1-3H3,(H2,16,18)/t13-/m0/s1. The lowest BCUT2D eigenvalue weighted by Gasteiger charge is -2.30. The molecule has 0 fully saturated rings. The molecular formula is C13H18ClIN2O3. The predicted molar refractivity (Wildman–Crippen MR) is 86.0 cm³/mol. The number of nitrogens with two attached hydrogens (primary N) is 1. The predicted octanol–water partition coefficient (Wildman–Crippen LogP) is 3.62. The molecular weight excluding hydrogens is 395 g/mol. The first-order chi connectivity index (χ1) is 9.22. The summed E-state index contributed by atoms with van der Waals surface area (Å²) in [5.74, 6) is 0.781. The van der Waals surface area contributed by atoms with Crippen LogP contribution in [0, 0.1) is 9.62 Å². The number of primary amides is 1. The number of ether oxygens (including phenoxy) is 2. The lowest BCUT2D eigenvalue weighted by molar-refractivity contribution is -0.0186. The number of hydrogen-bond donors (Lipinski definition) is 1. The van der Waals surface area contributed by atoms with Crippen LogP contribution in [-0.2, 0) is 4.74 Å². The van der Waals surface area contributed by atoms with E-state index in [1.54, 1.807) is 19.1 Å². The number of carbonyl (C=O) groups is 1. The number of pyridine rings is 1. The van der Waals surface area contributed by atoms with Crippen molar-refractivity contribution in [2.45, 2.75) is 32.8 Å². The maximum atomic E-state index is 11.0. The second-order valence-electron chi connectivity index (χ2n) is 5.18. The van der Waals surface area contributed by atoms with Crippen molar-refractivity contribution in [2.24, 2.45) is 11.7 Å². The molecule has 0 saturated carbocycles. The molecule has 0 bridgehead atoms. The zero-order valence-electron chi connectivity index (χ0n) is 11.7. The minimum absolute atomic E-state index is 0.163. The molecule has 2 N–H and O–H groups in total. The third kappa shape index (κ3) is 5.70. The minimum Gasteiger partial charge on any atom is -0.486 e. The summed E-state index contributed by atoms with van der Waals surface area (Å²) in [6.07, 6.45) is -0.186. The van der Waals surface area contributed by atoms with Gasteiger partial charge in [-0.2, -0.15) is 0 Å². The van der Waals surface area contributed by atoms with Crippen LogP contribution in [-0.4, -0.2) is 23.3 Å². The Morgan fingerprint density at radius 3 is 2.70 bits per heavy atom. The Morgan fingerprint density at radius 2 is 2.20 bits per heavy atom. The second kappa shape index (κ2) is 7.31. The molecule has 1 heterocycles. The van der Waals surface area contributed by atoms with Crippen LogP contribution >= 0.6 is 34.2 Å². The van der Waals surface area contributed by atoms with E-state index in [-0.39, 0.29) is 11.8 Å². The van der Waals surface area contributed by atoms with Crippen molar-refractivity contribution in [3.63, 3.8) is 0 Å². The Labute approximate surface area is 137 Å². The van der Waals surface area contributed by atoms with E-state index in [1.807, 2.05) is 13.8 Å². The van der Waals surface area contributed by atoms with Gasteiger partial charge in [-0.3, -0.25) is 0 Å². The van der Waals surface area contributed by atoms with E-state index in [0.29, 0.717) is 18.1 Å². The zero-order chi connectivity index (χ0) is 15.3. The molecule has 0 aliphatic rings. The van der Waals surface area contributed by atoms with Gasteiger partial charge < -0.3 is 15.2 Å². The molecule has 5 nitrogen and oxygen atoms in total. The van der Waals surface area contributed by atoms with Crippen LogP contribution in [0.5, 0.6) is 5.75 Å². The summed E-state index contributed by atoms with van der Waals surface area (Å²) >= 11 is 8.06. The van der Waals surface area contributed by atoms with E-state index in [2.05, 4.69) is 27.6 Å². The number of hydrogen-bond acceptors (Lipinski definition) is 4. The topological polar surface area (TPSA) is 74.4 Å². The molecule has 0 saturated heterocycles. The highest BCUT2D eigenvalue weighted by atomic mass is 127. The van der Waals surface area contributed by atoms with E-state index < -0.39 is 11.7 Å². The molecule has 0 spiro atoms. The molecule has 0 radical (unpaired) electrons. The fourth-order valence-electron chi connectivity index (χ4n) is 1.97. The monoisotopic (exact) mass is 412 g/mol. The van der Waals surface area contributed by atoms with E-state index in [4.69, 9.17) is 26.8 Å². The van der Waals surface area contributed by atoms with Crippen molar-refractivity contribution >= 4 is 40.3 Å². The van der Waals surface area contributed by atoms with Gasteiger partial charge in [0.1, 0.15) is 15.9 Å². The summed E-state index contributed by atoms with van der Waals surface area (Å²) in [4.78, 5) is 15.1. The lowest BCUT2D eigenvalue weighted by atomic mass is 9.95. The molecule has 1 aromatic heterocycles. The smallest absolute Gasteiger partial charge is 0.405 e. The summed E-state index contributed by atoms with van der Waals surface area (Å²) in [7, 11) is 0. The Morgan fingerprint density at radius 1 is 1.55 bits per heavy atom. The highest BCUT2D eigenvalue weighted by molar-refractivity contribution is 14.1. The molecule has 20 heavy (non-hydrogen) atoms. The zero-order valence-corrected chi connectivity index (χ0v) is 14.6. The first-order valence-electron chi connectivity index (χ1n) is 6.15. The van der Waals surface area contributed by atoms with Crippen molar-refractivity contribution < 1.29 is 14.3 Å². The summed E-state index contributed by atoms with van der Waals surface area (Å²) in [5, 5.41) is 0.280. The number of nitrogens with zero attached hydrogens (tertiary/aromatic N) is 1. The van der Waals surface area contributed by atoms with E-state index in [9.17, 15) is 4.79 Å². The number of amides is 1. The number of carbonyl (C=O) groups excluding carboxylic acids is 1. The van der Waals surface area contributed by atoms with Gasteiger partial charge in [-0.25, -0.2) is 9.78 Å². The Bertz CT molecular complexity index is 485. The Kier molecular flexibility index (Phi) is 6.32. The van der Waals surface area contributed by atoms with Gasteiger partial charge in [-0.05, 0) is 54.0 Å². The fraction of sp³-hybridized carbons (Fsp3) is 0.538. The van der Waals surface area contributed by atoms with Crippen molar-refractivity contribution in [3.8, 4) is 5.75 Å². The first-order valence-corrected chi connectivity index (χ1v) is 7.61. The molecule has 0 aromatic carbocycles. The van der Waals surface area contributed by atoms with Gasteiger partial charge in [-0.1, -0.05) is 25.4 Å². The van der Waals surface area contributed by atoms with Gasteiger partial charge in [0, 0.05) is 0 Å². The summed E-state index contributed by atoms with van der Waals surface area (Å²) in [6, 6.07) is 3.52. The van der Waals surface area contributed by atoms with Crippen molar-refractivity contribution in [3.05, 3.63) is 21.0 Å². The molecule has 1 amide bonds. The third-order valence-electron chi connectivity index (χ3n) is 2.50. The molecule has 1 aromatic rings. The average molecular weight is 413 g/mol. The summed E-state index contributed by atoms with van der Waals surface area (Å²) in [5.41, 5.74) is 4.32. The summed E-state index contributed by atoms with van der Waals surface area (Å²) < 4.78 is 11.6. The second-order valence-corrected chi connectivity index (χ2v) is 6.64. The van der Waals surface area contributed by atoms with Crippen molar-refractivity contribution in [1.82, 2.24) is 4.98 Å². The van der Waals surface area contributed by atoms with Crippen LogP contribution in [0.4, 0.5) is 4.79 Å². The molecule has 0 unspecified atom stereocenters. The van der Waals surface area contributed by atoms with Crippen LogP contribution in [0.1, 0.15) is 27.2 Å². The van der Waals surface area contributed by atoms with Crippen molar-refractivity contribution in [2.75, 3.05) is 6.61 Å². The van der Waals surface area contributed by atoms with Gasteiger partial charge in [0.25, 0.3) is 0 Å².